The molecule has 1 aliphatic heterocycles. The number of carboxylic acids is 1. The fraction of sp³-hybridized carbons (Fsp3) is 0.612. The summed E-state index contributed by atoms with van der Waals surface area (Å²) in [6, 6.07) is -5.44. The van der Waals surface area contributed by atoms with Gasteiger partial charge in [-0.15, -0.1) is 0 Å². The number of aromatic hydroxyl groups is 1. The highest BCUT2D eigenvalue weighted by molar-refractivity contribution is 5.98. The third-order valence-corrected chi connectivity index (χ3v) is 12.5. The Bertz CT molecular complexity index is 2400. The quantitative estimate of drug-likeness (QED) is 0.0171. The molecule has 81 heavy (non-hydrogen) atoms. The lowest BCUT2D eigenvalue weighted by Crippen LogP contribution is -2.61. The zero-order valence-corrected chi connectivity index (χ0v) is 46.3. The highest BCUT2D eigenvalue weighted by Gasteiger charge is 2.42. The molecule has 0 saturated carbocycles. The maximum absolute atomic E-state index is 14.6. The van der Waals surface area contributed by atoms with E-state index in [1.807, 2.05) is 0 Å². The number of aliphatic carboxylic acids is 1. The van der Waals surface area contributed by atoms with Crippen LogP contribution in [0.4, 0.5) is 0 Å². The number of carbonyl (C=O) groups is 9. The maximum Gasteiger partial charge on any atom is 0.326 e. The van der Waals surface area contributed by atoms with Gasteiger partial charge in [-0.2, -0.15) is 0 Å². The third-order valence-electron chi connectivity index (χ3n) is 12.5. The van der Waals surface area contributed by atoms with E-state index < -0.39 is 114 Å². The van der Waals surface area contributed by atoms with Crippen molar-refractivity contribution in [2.45, 2.75) is 153 Å². The highest BCUT2D eigenvalue weighted by Crippen LogP contribution is 2.21. The van der Waals surface area contributed by atoms with E-state index in [-0.39, 0.29) is 127 Å². The molecule has 9 atom stereocenters. The first-order valence-electron chi connectivity index (χ1n) is 26.4. The molecule has 1 fully saturated rings. The van der Waals surface area contributed by atoms with Gasteiger partial charge in [0.1, 0.15) is 54.1 Å². The van der Waals surface area contributed by atoms with E-state index in [4.69, 9.17) is 45.9 Å². The summed E-state index contributed by atoms with van der Waals surface area (Å²) in [5.74, 6) is -9.43. The molecule has 2 rings (SSSR count). The Kier molecular flexibility index (Phi) is 29.6. The number of nitrogens with one attached hydrogen (secondary N) is 7. The van der Waals surface area contributed by atoms with Gasteiger partial charge < -0.3 is 103 Å². The standard InChI is InChI=1S/C49H84N20O12/c1-25(2)36(62-27(4)71)43(78)68-37(26(3)70)44(79)69-23-9-14-35(69)42(77)67-34(24-28-15-17-29(72)18-16-28)41(76)65-31(11-6-20-59-47(52)53)39(74)63-30(10-5-19-58-46(50)51)38(73)64-32(12-7-21-60-48(54)55)40(75)66-33(45(80)81)13-8-22-61-49(56)57/h15-18,25-26,30-37,70,72H,5-14,19-24H2,1-4H3,(H,62,71)(H,63,74)(H,64,73)(H,65,76)(H,66,75)(H,67,77)(H,68,78)(H,80,81)(H4,50,51,58)(H4,52,53,59)(H4,54,55,60)(H4,56,57,61)/t26-,30+,31+,32+,33+,34+,35+,36+,37+/m1/s1. The van der Waals surface area contributed by atoms with E-state index in [2.05, 4.69) is 57.2 Å². The van der Waals surface area contributed by atoms with Gasteiger partial charge >= 0.3 is 5.97 Å². The SMILES string of the molecule is CC(=O)N[C@H](C(=O)N[C@H](C(=O)N1CCC[C@H]1C(=O)N[C@@H](Cc1ccc(O)cc1)C(=O)N[C@@H](CCCN=C(N)N)C(=O)N[C@@H](CCCN=C(N)N)C(=O)N[C@@H](CCCN=C(N)N)C(=O)N[C@@H](CCCN=C(N)N)C(=O)O)[C@@H](C)O)C(C)C. The molecule has 1 aromatic rings. The molecule has 1 aromatic carbocycles. The van der Waals surface area contributed by atoms with Gasteiger partial charge in [0.15, 0.2) is 23.8 Å². The lowest BCUT2D eigenvalue weighted by Gasteiger charge is -2.32. The van der Waals surface area contributed by atoms with E-state index >= 15 is 0 Å². The van der Waals surface area contributed by atoms with E-state index in [0.29, 0.717) is 12.0 Å². The predicted octanol–water partition coefficient (Wildman–Crippen LogP) is -6.32. The largest absolute Gasteiger partial charge is 0.508 e. The van der Waals surface area contributed by atoms with Crippen molar-refractivity contribution in [3.8, 4) is 5.75 Å². The van der Waals surface area contributed by atoms with Crippen LogP contribution in [0.1, 0.15) is 97.5 Å². The van der Waals surface area contributed by atoms with Crippen LogP contribution in [0.3, 0.4) is 0 Å². The Morgan fingerprint density at radius 2 is 0.951 bits per heavy atom. The van der Waals surface area contributed by atoms with Crippen molar-refractivity contribution in [2.24, 2.45) is 71.8 Å². The number of likely N-dealkylation sites (tertiary alicyclic amines) is 1. The Balaban J connectivity index is 2.59. The lowest BCUT2D eigenvalue weighted by atomic mass is 10.0. The number of phenolic OH excluding ortho intramolecular Hbond substituents is 1. The van der Waals surface area contributed by atoms with Gasteiger partial charge in [0.2, 0.25) is 47.3 Å². The number of nitrogens with two attached hydrogens (primary N) is 8. The van der Waals surface area contributed by atoms with Gasteiger partial charge in [0.05, 0.1) is 6.10 Å². The molecule has 0 aliphatic carbocycles. The first-order chi connectivity index (χ1) is 38.1. The van der Waals surface area contributed by atoms with E-state index in [9.17, 15) is 58.5 Å². The molecule has 0 radical (unpaired) electrons. The molecule has 32 heteroatoms. The summed E-state index contributed by atoms with van der Waals surface area (Å²) in [6.45, 7) is 5.90. The molecular formula is C49H84N20O12. The zero-order valence-electron chi connectivity index (χ0n) is 46.3. The molecule has 1 heterocycles. The molecule has 452 valence electrons. The van der Waals surface area contributed by atoms with Crippen LogP contribution >= 0.6 is 0 Å². The summed E-state index contributed by atoms with van der Waals surface area (Å²) < 4.78 is 0. The zero-order chi connectivity index (χ0) is 60.9. The normalized spacial score (nSPS) is 15.7. The number of hydrogen-bond acceptors (Lipinski definition) is 15. The second-order valence-electron chi connectivity index (χ2n) is 19.6. The van der Waals surface area contributed by atoms with E-state index in [0.717, 1.165) is 0 Å². The number of rotatable bonds is 35. The number of hydrogen-bond donors (Lipinski definition) is 18. The molecule has 32 nitrogen and oxygen atoms in total. The van der Waals surface area contributed by atoms with Crippen LogP contribution in [0.5, 0.6) is 5.75 Å². The van der Waals surface area contributed by atoms with E-state index in [1.54, 1.807) is 13.8 Å². The average Bonchev–Trinajstić information content (AvgIpc) is 3.92. The van der Waals surface area contributed by atoms with Crippen LogP contribution < -0.4 is 83.1 Å². The van der Waals surface area contributed by atoms with Crippen LogP contribution in [0.15, 0.2) is 44.2 Å². The van der Waals surface area contributed by atoms with Gasteiger partial charge in [-0.05, 0) is 94.7 Å². The summed E-state index contributed by atoms with van der Waals surface area (Å²) in [6.07, 6.45) is -1.38. The van der Waals surface area contributed by atoms with Crippen LogP contribution in [0.25, 0.3) is 0 Å². The predicted molar refractivity (Wildman–Crippen MR) is 300 cm³/mol. The number of amides is 8. The van der Waals surface area contributed by atoms with Crippen LogP contribution in [-0.2, 0) is 49.6 Å². The van der Waals surface area contributed by atoms with Crippen molar-refractivity contribution in [1.82, 2.24) is 42.1 Å². The van der Waals surface area contributed by atoms with Crippen molar-refractivity contribution >= 4 is 77.1 Å². The van der Waals surface area contributed by atoms with Crippen molar-refractivity contribution in [3.05, 3.63) is 29.8 Å². The topological polar surface area (TPSA) is 559 Å². The van der Waals surface area contributed by atoms with Crippen molar-refractivity contribution in [3.63, 3.8) is 0 Å². The monoisotopic (exact) mass is 1140 g/mol. The van der Waals surface area contributed by atoms with Gasteiger partial charge in [-0.25, -0.2) is 4.79 Å². The third kappa shape index (κ3) is 25.8. The number of aliphatic imine (C=N–C) groups is 4. The number of benzene rings is 1. The second-order valence-corrected chi connectivity index (χ2v) is 19.6. The molecule has 8 amide bonds. The molecule has 0 spiro atoms. The summed E-state index contributed by atoms with van der Waals surface area (Å²) in [5, 5.41) is 48.8. The smallest absolute Gasteiger partial charge is 0.326 e. The molecule has 26 N–H and O–H groups in total. The first kappa shape index (κ1) is 68.4. The number of aliphatic hydroxyl groups is 1. The molecular weight excluding hydrogens is 1060 g/mol. The fourth-order valence-electron chi connectivity index (χ4n) is 8.38. The number of aliphatic hydroxyl groups excluding tert-OH is 1. The summed E-state index contributed by atoms with van der Waals surface area (Å²) >= 11 is 0. The second kappa shape index (κ2) is 35.0. The van der Waals surface area contributed by atoms with Gasteiger partial charge in [0, 0.05) is 46.1 Å². The fourth-order valence-corrected chi connectivity index (χ4v) is 8.38. The summed E-state index contributed by atoms with van der Waals surface area (Å²) in [5.41, 5.74) is 44.3. The van der Waals surface area contributed by atoms with Crippen LogP contribution in [0, 0.1) is 5.92 Å². The van der Waals surface area contributed by atoms with Crippen molar-refractivity contribution in [2.75, 3.05) is 32.7 Å². The molecule has 0 bridgehead atoms. The summed E-state index contributed by atoms with van der Waals surface area (Å²) in [4.78, 5) is 140. The van der Waals surface area contributed by atoms with Crippen molar-refractivity contribution < 1.29 is 58.5 Å². The first-order valence-corrected chi connectivity index (χ1v) is 26.4. The number of carboxylic acid groups (broad SMARTS) is 1. The number of carbonyl (C=O) groups excluding carboxylic acids is 8. The Hall–Kier alpha value is -8.71. The molecule has 1 aliphatic rings. The maximum atomic E-state index is 14.6. The van der Waals surface area contributed by atoms with Gasteiger partial charge in [-0.1, -0.05) is 26.0 Å². The van der Waals surface area contributed by atoms with Gasteiger partial charge in [-0.3, -0.25) is 58.3 Å². The number of phenols is 1. The Morgan fingerprint density at radius 3 is 1.32 bits per heavy atom. The average molecular weight is 1150 g/mol. The van der Waals surface area contributed by atoms with Crippen LogP contribution in [-0.4, -0.2) is 184 Å². The number of guanidine groups is 4. The molecule has 0 unspecified atom stereocenters. The highest BCUT2D eigenvalue weighted by atomic mass is 16.4. The Labute approximate surface area is 469 Å². The minimum Gasteiger partial charge on any atom is -0.508 e. The molecule has 0 aromatic heterocycles. The minimum absolute atomic E-state index is 0.0120. The minimum atomic E-state index is -1.55. The van der Waals surface area contributed by atoms with Crippen LogP contribution in [0.2, 0.25) is 0 Å². The van der Waals surface area contributed by atoms with Crippen molar-refractivity contribution in [1.29, 1.82) is 0 Å². The Morgan fingerprint density at radius 1 is 0.556 bits per heavy atom. The molecule has 1 saturated heterocycles. The summed E-state index contributed by atoms with van der Waals surface area (Å²) in [7, 11) is 0. The number of nitrogens with zero attached hydrogens (tertiary/aromatic N) is 5. The van der Waals surface area contributed by atoms with Gasteiger partial charge in [0.25, 0.3) is 0 Å². The van der Waals surface area contributed by atoms with E-state index in [1.165, 1.54) is 43.0 Å². The lowest BCUT2D eigenvalue weighted by molar-refractivity contribution is -0.144.